The molecule has 1 heteroatoms. The van der Waals surface area contributed by atoms with Gasteiger partial charge in [0.2, 0.25) is 0 Å². The van der Waals surface area contributed by atoms with Crippen molar-refractivity contribution in [1.82, 2.24) is 0 Å². The molecule has 1 unspecified atom stereocenters. The smallest absolute Gasteiger partial charge is 0.130 e. The highest BCUT2D eigenvalue weighted by molar-refractivity contribution is 6.21. The number of ether oxygens (including phenoxy) is 1. The van der Waals surface area contributed by atoms with E-state index < -0.39 is 0 Å². The van der Waals surface area contributed by atoms with Gasteiger partial charge in [-0.2, -0.15) is 0 Å². The fraction of sp³-hybridized carbons (Fsp3) is 0.0385. The molecular formula is C52H34O. The summed E-state index contributed by atoms with van der Waals surface area (Å²) in [4.78, 5) is 0. The molecule has 1 aliphatic carbocycles. The Labute approximate surface area is 308 Å². The molecule has 9 aromatic carbocycles. The maximum atomic E-state index is 6.51. The van der Waals surface area contributed by atoms with Gasteiger partial charge in [-0.3, -0.25) is 0 Å². The molecule has 9 aromatic rings. The quantitative estimate of drug-likeness (QED) is 0.169. The molecule has 1 atom stereocenters. The first-order valence-corrected chi connectivity index (χ1v) is 18.5. The van der Waals surface area contributed by atoms with Crippen LogP contribution in [0.15, 0.2) is 188 Å². The monoisotopic (exact) mass is 674 g/mol. The van der Waals surface area contributed by atoms with Crippen LogP contribution >= 0.6 is 0 Å². The molecule has 0 spiro atoms. The summed E-state index contributed by atoms with van der Waals surface area (Å²) in [7, 11) is 0. The highest BCUT2D eigenvalue weighted by Gasteiger charge is 2.33. The summed E-state index contributed by atoms with van der Waals surface area (Å²) >= 11 is 0. The lowest BCUT2D eigenvalue weighted by Gasteiger charge is -2.21. The van der Waals surface area contributed by atoms with Crippen LogP contribution < -0.4 is 15.2 Å². The number of fused-ring (bicyclic) bond motifs is 7. The van der Waals surface area contributed by atoms with E-state index in [1.807, 2.05) is 0 Å². The Morgan fingerprint density at radius 3 is 1.62 bits per heavy atom. The molecule has 1 heterocycles. The van der Waals surface area contributed by atoms with E-state index in [0.29, 0.717) is 0 Å². The summed E-state index contributed by atoms with van der Waals surface area (Å²) in [6, 6.07) is 68.9. The second kappa shape index (κ2) is 11.9. The zero-order chi connectivity index (χ0) is 34.9. The average Bonchev–Trinajstić information content (AvgIpc) is 3.61. The molecule has 2 aliphatic rings. The van der Waals surface area contributed by atoms with E-state index in [1.165, 1.54) is 92.8 Å². The molecule has 0 saturated carbocycles. The zero-order valence-electron chi connectivity index (χ0n) is 29.1. The van der Waals surface area contributed by atoms with E-state index >= 15 is 0 Å². The Bertz CT molecular complexity index is 3020. The van der Waals surface area contributed by atoms with Gasteiger partial charge in [0.1, 0.15) is 11.5 Å². The third kappa shape index (κ3) is 4.78. The second-order valence-electron chi connectivity index (χ2n) is 14.3. The van der Waals surface area contributed by atoms with Gasteiger partial charge in [0.25, 0.3) is 0 Å². The van der Waals surface area contributed by atoms with Crippen LogP contribution in [0.2, 0.25) is 0 Å². The van der Waals surface area contributed by atoms with Gasteiger partial charge in [-0.15, -0.1) is 0 Å². The topological polar surface area (TPSA) is 9.23 Å². The molecule has 0 amide bonds. The van der Waals surface area contributed by atoms with Crippen LogP contribution in [0.1, 0.15) is 23.5 Å². The van der Waals surface area contributed by atoms with E-state index in [0.717, 1.165) is 17.9 Å². The molecular weight excluding hydrogens is 641 g/mol. The number of benzene rings is 9. The van der Waals surface area contributed by atoms with Crippen LogP contribution in [0, 0.1) is 0 Å². The molecule has 1 nitrogen and oxygen atoms in total. The molecule has 1 aliphatic heterocycles. The van der Waals surface area contributed by atoms with Gasteiger partial charge in [-0.1, -0.05) is 164 Å². The van der Waals surface area contributed by atoms with Crippen molar-refractivity contribution in [1.29, 1.82) is 0 Å². The van der Waals surface area contributed by atoms with Crippen molar-refractivity contribution in [2.24, 2.45) is 0 Å². The molecule has 248 valence electrons. The second-order valence-corrected chi connectivity index (χ2v) is 14.3. The fourth-order valence-corrected chi connectivity index (χ4v) is 9.02. The highest BCUT2D eigenvalue weighted by atomic mass is 16.5. The summed E-state index contributed by atoms with van der Waals surface area (Å²) in [6.07, 6.45) is 0.904. The Morgan fingerprint density at radius 1 is 0.377 bits per heavy atom. The predicted octanol–water partition coefficient (Wildman–Crippen LogP) is 12.0. The molecule has 0 radical (unpaired) electrons. The maximum absolute atomic E-state index is 6.51. The lowest BCUT2D eigenvalue weighted by Crippen LogP contribution is -2.35. The minimum Gasteiger partial charge on any atom is -0.460 e. The normalized spacial score (nSPS) is 14.6. The molecule has 11 rings (SSSR count). The maximum Gasteiger partial charge on any atom is 0.130 e. The zero-order valence-corrected chi connectivity index (χ0v) is 29.1. The van der Waals surface area contributed by atoms with Gasteiger partial charge >= 0.3 is 0 Å². The average molecular weight is 675 g/mol. The first-order chi connectivity index (χ1) is 26.3. The largest absolute Gasteiger partial charge is 0.460 e. The van der Waals surface area contributed by atoms with Crippen molar-refractivity contribution in [3.05, 3.63) is 210 Å². The molecule has 0 saturated heterocycles. The Hall–Kier alpha value is -6.70. The molecule has 53 heavy (non-hydrogen) atoms. The third-order valence-corrected chi connectivity index (χ3v) is 11.4. The fourth-order valence-electron chi connectivity index (χ4n) is 9.02. The lowest BCUT2D eigenvalue weighted by atomic mass is 9.81. The van der Waals surface area contributed by atoms with Crippen LogP contribution in [0.5, 0.6) is 5.75 Å². The SMILES string of the molecule is c1cc(C2=c3ccccc3=C3Oc4ccccc4C3C2)cc(-c2c3ccccc3c(-c3cccc(-c4ccc5ccccc5c4)c3)c3ccccc23)c1. The molecule has 0 bridgehead atoms. The van der Waals surface area contributed by atoms with Crippen molar-refractivity contribution in [2.75, 3.05) is 0 Å². The molecule has 0 aromatic heterocycles. The Kier molecular flexibility index (Phi) is 6.75. The predicted molar refractivity (Wildman–Crippen MR) is 221 cm³/mol. The summed E-state index contributed by atoms with van der Waals surface area (Å²) in [5.74, 6) is 2.28. The molecule has 0 fully saturated rings. The van der Waals surface area contributed by atoms with Gasteiger partial charge in [0, 0.05) is 10.8 Å². The number of hydrogen-bond acceptors (Lipinski definition) is 1. The van der Waals surface area contributed by atoms with Crippen molar-refractivity contribution in [3.8, 4) is 39.1 Å². The van der Waals surface area contributed by atoms with E-state index in [2.05, 4.69) is 188 Å². The number of para-hydroxylation sites is 1. The lowest BCUT2D eigenvalue weighted by molar-refractivity contribution is 0.508. The summed E-state index contributed by atoms with van der Waals surface area (Å²) in [5, 5.41) is 10.0. The van der Waals surface area contributed by atoms with Crippen molar-refractivity contribution in [2.45, 2.75) is 12.3 Å². The number of rotatable bonds is 4. The summed E-state index contributed by atoms with van der Waals surface area (Å²) in [5.41, 5.74) is 11.4. The first-order valence-electron chi connectivity index (χ1n) is 18.5. The standard InChI is InChI=1S/C52H34O/c1-2-14-34-29-36(28-27-33(34)13-1)35-15-11-17-38(30-35)50-42-21-4-6-23-44(42)51(45-24-7-5-22-43(45)50)39-18-12-16-37(31-39)47-32-48-41-20-9-10-26-49(41)53-52(48)46-25-8-3-19-40(46)47/h1-31,48H,32H2. The Morgan fingerprint density at radius 2 is 0.906 bits per heavy atom. The van der Waals surface area contributed by atoms with Gasteiger partial charge in [-0.05, 0) is 113 Å². The van der Waals surface area contributed by atoms with E-state index in [4.69, 9.17) is 4.74 Å². The van der Waals surface area contributed by atoms with Crippen LogP contribution in [-0.4, -0.2) is 0 Å². The van der Waals surface area contributed by atoms with Gasteiger partial charge < -0.3 is 4.74 Å². The van der Waals surface area contributed by atoms with Gasteiger partial charge in [-0.25, -0.2) is 0 Å². The Balaban J connectivity index is 1.10. The van der Waals surface area contributed by atoms with Crippen molar-refractivity contribution in [3.63, 3.8) is 0 Å². The van der Waals surface area contributed by atoms with E-state index in [9.17, 15) is 0 Å². The van der Waals surface area contributed by atoms with Crippen molar-refractivity contribution < 1.29 is 4.74 Å². The van der Waals surface area contributed by atoms with Crippen LogP contribution in [-0.2, 0) is 0 Å². The van der Waals surface area contributed by atoms with Gasteiger partial charge in [0.05, 0.1) is 5.92 Å². The minimum absolute atomic E-state index is 0.214. The minimum atomic E-state index is 0.214. The third-order valence-electron chi connectivity index (χ3n) is 11.4. The van der Waals surface area contributed by atoms with Crippen LogP contribution in [0.4, 0.5) is 0 Å². The number of hydrogen-bond donors (Lipinski definition) is 0. The molecule has 0 N–H and O–H groups in total. The van der Waals surface area contributed by atoms with E-state index in [-0.39, 0.29) is 5.92 Å². The summed E-state index contributed by atoms with van der Waals surface area (Å²) < 4.78 is 6.51. The van der Waals surface area contributed by atoms with Gasteiger partial charge in [0.15, 0.2) is 0 Å². The first kappa shape index (κ1) is 30.0. The van der Waals surface area contributed by atoms with E-state index in [1.54, 1.807) is 0 Å². The van der Waals surface area contributed by atoms with Crippen LogP contribution in [0.3, 0.4) is 0 Å². The summed E-state index contributed by atoms with van der Waals surface area (Å²) in [6.45, 7) is 0. The highest BCUT2D eigenvalue weighted by Crippen LogP contribution is 2.48. The van der Waals surface area contributed by atoms with Crippen LogP contribution in [0.25, 0.3) is 77.0 Å². The van der Waals surface area contributed by atoms with Crippen molar-refractivity contribution >= 4 is 43.6 Å².